The van der Waals surface area contributed by atoms with E-state index in [1.54, 1.807) is 6.20 Å². The van der Waals surface area contributed by atoms with E-state index >= 15 is 0 Å². The van der Waals surface area contributed by atoms with Crippen LogP contribution in [-0.4, -0.2) is 21.8 Å². The molecule has 0 fully saturated rings. The van der Waals surface area contributed by atoms with Crippen molar-refractivity contribution < 1.29 is 4.74 Å². The van der Waals surface area contributed by atoms with Crippen LogP contribution in [-0.2, 0) is 0 Å². The van der Waals surface area contributed by atoms with Gasteiger partial charge in [0.25, 0.3) is 0 Å². The Kier molecular flexibility index (Phi) is 2.95. The van der Waals surface area contributed by atoms with Gasteiger partial charge >= 0.3 is 0 Å². The first-order chi connectivity index (χ1) is 7.81. The summed E-state index contributed by atoms with van der Waals surface area (Å²) in [5, 5.41) is 7.39. The zero-order chi connectivity index (χ0) is 11.4. The predicted molar refractivity (Wildman–Crippen MR) is 60.8 cm³/mol. The van der Waals surface area contributed by atoms with Crippen LogP contribution in [0.2, 0.25) is 0 Å². The van der Waals surface area contributed by atoms with Gasteiger partial charge < -0.3 is 10.5 Å². The fourth-order valence-electron chi connectivity index (χ4n) is 1.41. The van der Waals surface area contributed by atoms with E-state index in [0.717, 1.165) is 11.3 Å². The van der Waals surface area contributed by atoms with Crippen molar-refractivity contribution in [1.29, 1.82) is 0 Å². The van der Waals surface area contributed by atoms with Gasteiger partial charge in [0.15, 0.2) is 0 Å². The van der Waals surface area contributed by atoms with Gasteiger partial charge in [-0.05, 0) is 19.1 Å². The van der Waals surface area contributed by atoms with Gasteiger partial charge in [-0.3, -0.25) is 0 Å². The smallest absolute Gasteiger partial charge is 0.240 e. The van der Waals surface area contributed by atoms with Crippen molar-refractivity contribution in [2.45, 2.75) is 6.92 Å². The Bertz CT molecular complexity index is 487. The summed E-state index contributed by atoms with van der Waals surface area (Å²) in [6, 6.07) is 7.62. The fraction of sp³-hybridized carbons (Fsp3) is 0.182. The molecular formula is C11H12N4O. The van der Waals surface area contributed by atoms with Crippen LogP contribution in [0.15, 0.2) is 30.5 Å². The van der Waals surface area contributed by atoms with E-state index in [1.165, 1.54) is 0 Å². The molecule has 2 N–H and O–H groups in total. The summed E-state index contributed by atoms with van der Waals surface area (Å²) < 4.78 is 5.50. The Morgan fingerprint density at radius 2 is 2.12 bits per heavy atom. The molecule has 1 aromatic heterocycles. The SMILES string of the molecule is CCOc1ccccc1-c1cnnc(N)n1. The quantitative estimate of drug-likeness (QED) is 0.841. The average Bonchev–Trinajstić information content (AvgIpc) is 2.30. The van der Waals surface area contributed by atoms with Gasteiger partial charge in [-0.1, -0.05) is 12.1 Å². The second kappa shape index (κ2) is 4.57. The topological polar surface area (TPSA) is 73.9 Å². The number of aromatic nitrogens is 3. The van der Waals surface area contributed by atoms with E-state index in [0.29, 0.717) is 12.3 Å². The molecule has 0 saturated carbocycles. The Hall–Kier alpha value is -2.17. The lowest BCUT2D eigenvalue weighted by Gasteiger charge is -2.08. The molecule has 0 unspecified atom stereocenters. The molecule has 5 heteroatoms. The van der Waals surface area contributed by atoms with Gasteiger partial charge in [-0.2, -0.15) is 5.10 Å². The third-order valence-electron chi connectivity index (χ3n) is 2.04. The number of nitrogen functional groups attached to an aromatic ring is 1. The largest absolute Gasteiger partial charge is 0.493 e. The van der Waals surface area contributed by atoms with E-state index in [1.807, 2.05) is 31.2 Å². The Morgan fingerprint density at radius 3 is 2.88 bits per heavy atom. The van der Waals surface area contributed by atoms with Crippen LogP contribution < -0.4 is 10.5 Å². The number of benzene rings is 1. The fourth-order valence-corrected chi connectivity index (χ4v) is 1.41. The van der Waals surface area contributed by atoms with Gasteiger partial charge in [0.05, 0.1) is 18.5 Å². The number of ether oxygens (including phenoxy) is 1. The summed E-state index contributed by atoms with van der Waals surface area (Å²) in [5.74, 6) is 0.925. The van der Waals surface area contributed by atoms with E-state index in [2.05, 4.69) is 15.2 Å². The van der Waals surface area contributed by atoms with Crippen LogP contribution in [0.25, 0.3) is 11.3 Å². The van der Waals surface area contributed by atoms with Crippen LogP contribution >= 0.6 is 0 Å². The molecule has 2 rings (SSSR count). The molecule has 0 amide bonds. The van der Waals surface area contributed by atoms with Crippen LogP contribution in [0, 0.1) is 0 Å². The minimum atomic E-state index is 0.156. The summed E-state index contributed by atoms with van der Waals surface area (Å²) in [5.41, 5.74) is 7.02. The number of rotatable bonds is 3. The predicted octanol–water partition coefficient (Wildman–Crippen LogP) is 1.52. The van der Waals surface area contributed by atoms with Crippen molar-refractivity contribution in [3.8, 4) is 17.0 Å². The van der Waals surface area contributed by atoms with Crippen molar-refractivity contribution in [1.82, 2.24) is 15.2 Å². The maximum Gasteiger partial charge on any atom is 0.240 e. The van der Waals surface area contributed by atoms with E-state index in [-0.39, 0.29) is 5.95 Å². The van der Waals surface area contributed by atoms with Crippen LogP contribution in [0.3, 0.4) is 0 Å². The first-order valence-electron chi connectivity index (χ1n) is 4.98. The van der Waals surface area contributed by atoms with Gasteiger partial charge in [0.1, 0.15) is 5.75 Å². The van der Waals surface area contributed by atoms with Gasteiger partial charge in [-0.15, -0.1) is 5.10 Å². The third-order valence-corrected chi connectivity index (χ3v) is 2.04. The molecule has 2 aromatic rings. The Labute approximate surface area is 93.3 Å². The standard InChI is InChI=1S/C11H12N4O/c1-2-16-10-6-4-3-5-8(10)9-7-13-15-11(12)14-9/h3-7H,2H2,1H3,(H2,12,14,15). The highest BCUT2D eigenvalue weighted by atomic mass is 16.5. The third kappa shape index (κ3) is 2.08. The minimum absolute atomic E-state index is 0.156. The molecule has 16 heavy (non-hydrogen) atoms. The zero-order valence-electron chi connectivity index (χ0n) is 8.92. The highest BCUT2D eigenvalue weighted by Gasteiger charge is 2.07. The first-order valence-corrected chi connectivity index (χ1v) is 4.98. The molecule has 1 heterocycles. The van der Waals surface area contributed by atoms with Gasteiger partial charge in [0.2, 0.25) is 5.95 Å². The number of nitrogens with two attached hydrogens (primary N) is 1. The molecule has 82 valence electrons. The zero-order valence-corrected chi connectivity index (χ0v) is 8.92. The molecule has 0 atom stereocenters. The molecule has 0 aliphatic rings. The maximum absolute atomic E-state index is 5.50. The van der Waals surface area contributed by atoms with E-state index < -0.39 is 0 Å². The average molecular weight is 216 g/mol. The van der Waals surface area contributed by atoms with Crippen molar-refractivity contribution in [3.05, 3.63) is 30.5 Å². The van der Waals surface area contributed by atoms with E-state index in [9.17, 15) is 0 Å². The summed E-state index contributed by atoms with van der Waals surface area (Å²) in [7, 11) is 0. The summed E-state index contributed by atoms with van der Waals surface area (Å²) >= 11 is 0. The van der Waals surface area contributed by atoms with Crippen molar-refractivity contribution in [2.75, 3.05) is 12.3 Å². The molecule has 0 spiro atoms. The van der Waals surface area contributed by atoms with Crippen LogP contribution in [0.1, 0.15) is 6.92 Å². The normalized spacial score (nSPS) is 10.1. The van der Waals surface area contributed by atoms with Crippen molar-refractivity contribution in [3.63, 3.8) is 0 Å². The highest BCUT2D eigenvalue weighted by molar-refractivity contribution is 5.66. The monoisotopic (exact) mass is 216 g/mol. The second-order valence-electron chi connectivity index (χ2n) is 3.13. The molecule has 0 bridgehead atoms. The van der Waals surface area contributed by atoms with Crippen molar-refractivity contribution >= 4 is 5.95 Å². The Morgan fingerprint density at radius 1 is 1.31 bits per heavy atom. The molecule has 0 saturated heterocycles. The summed E-state index contributed by atoms with van der Waals surface area (Å²) in [4.78, 5) is 4.11. The minimum Gasteiger partial charge on any atom is -0.493 e. The summed E-state index contributed by atoms with van der Waals surface area (Å²) in [6.07, 6.45) is 1.56. The lowest BCUT2D eigenvalue weighted by atomic mass is 10.1. The highest BCUT2D eigenvalue weighted by Crippen LogP contribution is 2.27. The number of hydrogen-bond acceptors (Lipinski definition) is 5. The first kappa shape index (κ1) is 10.4. The number of nitrogens with zero attached hydrogens (tertiary/aromatic N) is 3. The Balaban J connectivity index is 2.46. The molecule has 0 aliphatic heterocycles. The molecule has 0 radical (unpaired) electrons. The lowest BCUT2D eigenvalue weighted by molar-refractivity contribution is 0.341. The molecule has 0 aliphatic carbocycles. The number of anilines is 1. The van der Waals surface area contributed by atoms with E-state index in [4.69, 9.17) is 10.5 Å². The van der Waals surface area contributed by atoms with Gasteiger partial charge in [0, 0.05) is 5.56 Å². The van der Waals surface area contributed by atoms with Crippen LogP contribution in [0.5, 0.6) is 5.75 Å². The number of para-hydroxylation sites is 1. The maximum atomic E-state index is 5.50. The lowest BCUT2D eigenvalue weighted by Crippen LogP contribution is -2.00. The number of hydrogen-bond donors (Lipinski definition) is 1. The van der Waals surface area contributed by atoms with Crippen molar-refractivity contribution in [2.24, 2.45) is 0 Å². The van der Waals surface area contributed by atoms with Gasteiger partial charge in [-0.25, -0.2) is 4.98 Å². The second-order valence-corrected chi connectivity index (χ2v) is 3.13. The molecular weight excluding hydrogens is 204 g/mol. The molecule has 1 aromatic carbocycles. The summed E-state index contributed by atoms with van der Waals surface area (Å²) in [6.45, 7) is 2.54. The molecule has 5 nitrogen and oxygen atoms in total. The van der Waals surface area contributed by atoms with Crippen LogP contribution in [0.4, 0.5) is 5.95 Å².